The molecule has 118 valence electrons. The van der Waals surface area contributed by atoms with E-state index in [1.54, 1.807) is 0 Å². The molecular weight excluding hydrogens is 301 g/mol. The SMILES string of the molecule is CC(NCC(F)(F)F)(C(=O)O)c1ccc(OC(F)F)cc1. The highest BCUT2D eigenvalue weighted by Gasteiger charge is 2.39. The Morgan fingerprint density at radius 2 is 1.81 bits per heavy atom. The van der Waals surface area contributed by atoms with Gasteiger partial charge in [0.15, 0.2) is 0 Å². The number of carboxylic acids is 1. The van der Waals surface area contributed by atoms with Gasteiger partial charge in [-0.05, 0) is 24.6 Å². The number of carboxylic acid groups (broad SMARTS) is 1. The molecule has 0 aliphatic carbocycles. The lowest BCUT2D eigenvalue weighted by molar-refractivity contribution is -0.150. The van der Waals surface area contributed by atoms with Crippen LogP contribution in [0.1, 0.15) is 12.5 Å². The maximum atomic E-state index is 12.2. The van der Waals surface area contributed by atoms with Crippen LogP contribution in [-0.4, -0.2) is 30.4 Å². The van der Waals surface area contributed by atoms with Gasteiger partial charge in [0.25, 0.3) is 0 Å². The fourth-order valence-corrected chi connectivity index (χ4v) is 1.55. The molecule has 1 unspecified atom stereocenters. The Morgan fingerprint density at radius 1 is 1.29 bits per heavy atom. The molecule has 9 heteroatoms. The van der Waals surface area contributed by atoms with Gasteiger partial charge < -0.3 is 9.84 Å². The third-order valence-corrected chi connectivity index (χ3v) is 2.73. The second-order valence-corrected chi connectivity index (χ2v) is 4.30. The predicted octanol–water partition coefficient (Wildman–Crippen LogP) is 2.74. The lowest BCUT2D eigenvalue weighted by atomic mass is 9.92. The van der Waals surface area contributed by atoms with Crippen LogP contribution in [0.5, 0.6) is 5.75 Å². The van der Waals surface area contributed by atoms with Crippen LogP contribution in [0.25, 0.3) is 0 Å². The molecule has 4 nitrogen and oxygen atoms in total. The van der Waals surface area contributed by atoms with E-state index in [1.807, 2.05) is 5.32 Å². The first-order valence-electron chi connectivity index (χ1n) is 5.65. The second kappa shape index (κ2) is 6.25. The molecule has 1 rings (SSSR count). The largest absolute Gasteiger partial charge is 0.480 e. The third kappa shape index (κ3) is 4.85. The lowest BCUT2D eigenvalue weighted by Gasteiger charge is -2.27. The van der Waals surface area contributed by atoms with Gasteiger partial charge in [-0.3, -0.25) is 5.32 Å². The molecule has 0 radical (unpaired) electrons. The number of rotatable bonds is 6. The average molecular weight is 313 g/mol. The maximum absolute atomic E-state index is 12.2. The monoisotopic (exact) mass is 313 g/mol. The molecule has 0 aromatic heterocycles. The van der Waals surface area contributed by atoms with Gasteiger partial charge in [-0.2, -0.15) is 22.0 Å². The minimum atomic E-state index is -4.59. The summed E-state index contributed by atoms with van der Waals surface area (Å²) in [6, 6.07) is 4.32. The number of hydrogen-bond acceptors (Lipinski definition) is 3. The Labute approximate surface area is 116 Å². The standard InChI is InChI=1S/C12H12F5NO3/c1-11(9(19)20,18-6-12(15,16)17)7-2-4-8(5-3-7)21-10(13)14/h2-5,10,18H,6H2,1H3,(H,19,20). The molecule has 0 amide bonds. The molecule has 0 saturated carbocycles. The third-order valence-electron chi connectivity index (χ3n) is 2.73. The molecular formula is C12H12F5NO3. The number of halogens is 5. The van der Waals surface area contributed by atoms with Gasteiger partial charge in [0, 0.05) is 0 Å². The fraction of sp³-hybridized carbons (Fsp3) is 0.417. The minimum absolute atomic E-state index is 0.0270. The van der Waals surface area contributed by atoms with Crippen LogP contribution in [0.2, 0.25) is 0 Å². The van der Waals surface area contributed by atoms with Crippen molar-refractivity contribution >= 4 is 5.97 Å². The van der Waals surface area contributed by atoms with E-state index in [9.17, 15) is 26.7 Å². The van der Waals surface area contributed by atoms with Crippen molar-refractivity contribution in [3.8, 4) is 5.75 Å². The summed E-state index contributed by atoms with van der Waals surface area (Å²) in [6.45, 7) is -3.51. The molecule has 0 aliphatic heterocycles. The van der Waals surface area contributed by atoms with Gasteiger partial charge >= 0.3 is 18.8 Å². The summed E-state index contributed by atoms with van der Waals surface area (Å²) in [5, 5.41) is 11.0. The molecule has 21 heavy (non-hydrogen) atoms. The second-order valence-electron chi connectivity index (χ2n) is 4.30. The summed E-state index contributed by atoms with van der Waals surface area (Å²) in [4.78, 5) is 11.2. The van der Waals surface area contributed by atoms with Crippen LogP contribution < -0.4 is 10.1 Å². The van der Waals surface area contributed by atoms with Crippen molar-refractivity contribution in [2.24, 2.45) is 0 Å². The molecule has 1 aromatic rings. The summed E-state index contributed by atoms with van der Waals surface area (Å²) in [5.41, 5.74) is -2.04. The van der Waals surface area contributed by atoms with E-state index < -0.39 is 30.8 Å². The van der Waals surface area contributed by atoms with Crippen molar-refractivity contribution < 1.29 is 36.6 Å². The summed E-state index contributed by atoms with van der Waals surface area (Å²) in [5.74, 6) is -1.76. The van der Waals surface area contributed by atoms with Gasteiger partial charge in [-0.1, -0.05) is 12.1 Å². The number of alkyl halides is 5. The quantitative estimate of drug-likeness (QED) is 0.793. The zero-order valence-corrected chi connectivity index (χ0v) is 10.7. The van der Waals surface area contributed by atoms with E-state index in [4.69, 9.17) is 5.11 Å². The van der Waals surface area contributed by atoms with Crippen LogP contribution in [0.3, 0.4) is 0 Å². The van der Waals surface area contributed by atoms with Gasteiger partial charge in [0.05, 0.1) is 6.54 Å². The first kappa shape index (κ1) is 17.2. The van der Waals surface area contributed by atoms with Crippen molar-refractivity contribution in [2.45, 2.75) is 25.3 Å². The highest BCUT2D eigenvalue weighted by Crippen LogP contribution is 2.26. The summed E-state index contributed by atoms with van der Waals surface area (Å²) < 4.78 is 64.7. The van der Waals surface area contributed by atoms with Crippen molar-refractivity contribution in [1.29, 1.82) is 0 Å². The van der Waals surface area contributed by atoms with Crippen molar-refractivity contribution in [2.75, 3.05) is 6.54 Å². The van der Waals surface area contributed by atoms with E-state index in [0.717, 1.165) is 31.2 Å². The van der Waals surface area contributed by atoms with Gasteiger partial charge in [-0.25, -0.2) is 4.79 Å². The predicted molar refractivity (Wildman–Crippen MR) is 62.1 cm³/mol. The molecule has 0 bridgehead atoms. The molecule has 1 atom stereocenters. The van der Waals surface area contributed by atoms with Crippen molar-refractivity contribution in [3.05, 3.63) is 29.8 Å². The summed E-state index contributed by atoms with van der Waals surface area (Å²) >= 11 is 0. The van der Waals surface area contributed by atoms with Crippen LogP contribution in [0.4, 0.5) is 22.0 Å². The Hall–Kier alpha value is -1.90. The zero-order chi connectivity index (χ0) is 16.3. The lowest BCUT2D eigenvalue weighted by Crippen LogP contribution is -2.50. The average Bonchev–Trinajstić information content (AvgIpc) is 2.35. The Bertz CT molecular complexity index is 489. The molecule has 0 heterocycles. The van der Waals surface area contributed by atoms with Gasteiger partial charge in [-0.15, -0.1) is 0 Å². The molecule has 0 saturated heterocycles. The normalized spacial score (nSPS) is 14.8. The van der Waals surface area contributed by atoms with Crippen LogP contribution in [0, 0.1) is 0 Å². The zero-order valence-electron chi connectivity index (χ0n) is 10.7. The smallest absolute Gasteiger partial charge is 0.401 e. The van der Waals surface area contributed by atoms with E-state index in [-0.39, 0.29) is 11.3 Å². The Kier molecular flexibility index (Phi) is 5.10. The summed E-state index contributed by atoms with van der Waals surface area (Å²) in [6.07, 6.45) is -4.59. The number of nitrogens with one attached hydrogen (secondary N) is 1. The van der Waals surface area contributed by atoms with E-state index in [2.05, 4.69) is 4.74 Å². The van der Waals surface area contributed by atoms with Gasteiger partial charge in [0.2, 0.25) is 0 Å². The number of aliphatic carboxylic acids is 1. The minimum Gasteiger partial charge on any atom is -0.480 e. The maximum Gasteiger partial charge on any atom is 0.401 e. The molecule has 1 aromatic carbocycles. The number of carbonyl (C=O) groups is 1. The van der Waals surface area contributed by atoms with Crippen LogP contribution >= 0.6 is 0 Å². The van der Waals surface area contributed by atoms with E-state index >= 15 is 0 Å². The van der Waals surface area contributed by atoms with E-state index in [0.29, 0.717) is 0 Å². The summed E-state index contributed by atoms with van der Waals surface area (Å²) in [7, 11) is 0. The highest BCUT2D eigenvalue weighted by molar-refractivity contribution is 5.80. The number of ether oxygens (including phenoxy) is 1. The molecule has 2 N–H and O–H groups in total. The fourth-order valence-electron chi connectivity index (χ4n) is 1.55. The van der Waals surface area contributed by atoms with Crippen molar-refractivity contribution in [1.82, 2.24) is 5.32 Å². The molecule has 0 fully saturated rings. The number of hydrogen-bond donors (Lipinski definition) is 2. The van der Waals surface area contributed by atoms with Crippen LogP contribution in [0.15, 0.2) is 24.3 Å². The Balaban J connectivity index is 2.97. The Morgan fingerprint density at radius 3 is 2.19 bits per heavy atom. The first-order chi connectivity index (χ1) is 9.54. The molecule has 0 aliphatic rings. The topological polar surface area (TPSA) is 58.6 Å². The number of benzene rings is 1. The van der Waals surface area contributed by atoms with Crippen molar-refractivity contribution in [3.63, 3.8) is 0 Å². The van der Waals surface area contributed by atoms with E-state index in [1.165, 1.54) is 0 Å². The van der Waals surface area contributed by atoms with Crippen LogP contribution in [-0.2, 0) is 10.3 Å². The first-order valence-corrected chi connectivity index (χ1v) is 5.65. The molecule has 0 spiro atoms. The van der Waals surface area contributed by atoms with Gasteiger partial charge in [0.1, 0.15) is 11.3 Å². The highest BCUT2D eigenvalue weighted by atomic mass is 19.4.